The van der Waals surface area contributed by atoms with E-state index in [9.17, 15) is 18.0 Å². The third-order valence-corrected chi connectivity index (χ3v) is 6.19. The number of rotatable bonds is 4. The molecule has 1 atom stereocenters. The Morgan fingerprint density at radius 3 is 2.70 bits per heavy atom. The number of benzene rings is 1. The van der Waals surface area contributed by atoms with Gasteiger partial charge < -0.3 is 15.8 Å². The quantitative estimate of drug-likeness (QED) is 0.800. The lowest BCUT2D eigenvalue weighted by atomic mass is 9.80. The zero-order valence-corrected chi connectivity index (χ0v) is 15.3. The highest BCUT2D eigenvalue weighted by atomic mass is 19.3. The van der Waals surface area contributed by atoms with Crippen molar-refractivity contribution in [3.63, 3.8) is 0 Å². The predicted molar refractivity (Wildman–Crippen MR) is 98.1 cm³/mol. The number of carbonyl (C=O) groups is 1. The van der Waals surface area contributed by atoms with Crippen molar-refractivity contribution in [1.82, 2.24) is 4.98 Å². The number of aliphatic imine (C=N–C) groups is 1. The molecule has 7 nitrogen and oxygen atoms in total. The summed E-state index contributed by atoms with van der Waals surface area (Å²) in [6.45, 7) is 0. The first-order valence-corrected chi connectivity index (χ1v) is 9.07. The number of pyridine rings is 1. The summed E-state index contributed by atoms with van der Waals surface area (Å²) in [5, 5.41) is 11.3. The van der Waals surface area contributed by atoms with E-state index in [1.54, 1.807) is 0 Å². The predicted octanol–water partition coefficient (Wildman–Crippen LogP) is 2.68. The number of nitrogens with one attached hydrogen (secondary N) is 1. The molecule has 30 heavy (non-hydrogen) atoms. The zero-order valence-electron chi connectivity index (χ0n) is 15.3. The maximum absolute atomic E-state index is 14.8. The van der Waals surface area contributed by atoms with E-state index >= 15 is 0 Å². The van der Waals surface area contributed by atoms with Gasteiger partial charge in [0.05, 0.1) is 11.0 Å². The molecule has 1 amide bonds. The summed E-state index contributed by atoms with van der Waals surface area (Å²) in [5.41, 5.74) is 1.74. The zero-order chi connectivity index (χ0) is 21.3. The summed E-state index contributed by atoms with van der Waals surface area (Å²) >= 11 is 0. The smallest absolute Gasteiger partial charge is 0.283 e. The van der Waals surface area contributed by atoms with Crippen LogP contribution >= 0.6 is 0 Å². The average molecular weight is 413 g/mol. The highest BCUT2D eigenvalue weighted by Crippen LogP contribution is 2.89. The molecule has 2 aliphatic carbocycles. The van der Waals surface area contributed by atoms with Crippen molar-refractivity contribution in [2.45, 2.75) is 30.4 Å². The lowest BCUT2D eigenvalue weighted by molar-refractivity contribution is 0.0120. The van der Waals surface area contributed by atoms with Crippen LogP contribution in [0.3, 0.4) is 0 Å². The van der Waals surface area contributed by atoms with Crippen LogP contribution in [0.1, 0.15) is 34.5 Å². The van der Waals surface area contributed by atoms with Gasteiger partial charge >= 0.3 is 0 Å². The van der Waals surface area contributed by atoms with E-state index in [-0.39, 0.29) is 22.5 Å². The van der Waals surface area contributed by atoms with Gasteiger partial charge in [0.25, 0.3) is 18.4 Å². The van der Waals surface area contributed by atoms with Gasteiger partial charge in [-0.15, -0.1) is 0 Å². The molecule has 0 spiro atoms. The Kier molecular flexibility index (Phi) is 3.51. The van der Waals surface area contributed by atoms with E-state index in [2.05, 4.69) is 15.3 Å². The van der Waals surface area contributed by atoms with Crippen LogP contribution in [-0.2, 0) is 10.3 Å². The third-order valence-electron chi connectivity index (χ3n) is 6.19. The van der Waals surface area contributed by atoms with Crippen LogP contribution in [0.5, 0.6) is 0 Å². The van der Waals surface area contributed by atoms with Gasteiger partial charge in [-0.2, -0.15) is 5.26 Å². The molecule has 1 aromatic carbocycles. The second kappa shape index (κ2) is 5.72. The minimum absolute atomic E-state index is 0.0128. The molecule has 2 saturated carbocycles. The lowest BCUT2D eigenvalue weighted by Crippen LogP contribution is -2.44. The summed E-state index contributed by atoms with van der Waals surface area (Å²) in [6, 6.07) is 7.68. The number of carbonyl (C=O) groups excluding carboxylic acids is 1. The second-order valence-electron chi connectivity index (χ2n) is 7.74. The number of ether oxygens (including phenoxy) is 1. The maximum Gasteiger partial charge on any atom is 0.283 e. The van der Waals surface area contributed by atoms with Gasteiger partial charge in [0, 0.05) is 30.3 Å². The Morgan fingerprint density at radius 2 is 2.07 bits per heavy atom. The number of alkyl halides is 2. The average Bonchev–Trinajstić information content (AvgIpc) is 3.56. The normalized spacial score (nSPS) is 30.3. The summed E-state index contributed by atoms with van der Waals surface area (Å²) < 4.78 is 49.0. The first-order chi connectivity index (χ1) is 14.3. The molecular formula is C20H14F3N5O2. The lowest BCUT2D eigenvalue weighted by Gasteiger charge is -2.34. The number of nitrogens with two attached hydrogens (primary N) is 1. The molecule has 2 aromatic rings. The summed E-state index contributed by atoms with van der Waals surface area (Å²) in [4.78, 5) is 20.2. The number of aromatic nitrogens is 1. The SMILES string of the molecule is N#Cc1ccc(C(=O)Nc2ccc(F)c([C@]3(C(F)F)N=C(N)OC45CC43C5)c2)nc1. The number of halogens is 3. The van der Waals surface area contributed by atoms with Gasteiger partial charge in [0.15, 0.2) is 5.54 Å². The van der Waals surface area contributed by atoms with Crippen LogP contribution in [0.2, 0.25) is 0 Å². The second-order valence-corrected chi connectivity index (χ2v) is 7.74. The van der Waals surface area contributed by atoms with E-state index in [0.717, 1.165) is 12.1 Å². The molecule has 0 saturated heterocycles. The van der Waals surface area contributed by atoms with Crippen molar-refractivity contribution in [3.05, 3.63) is 59.2 Å². The summed E-state index contributed by atoms with van der Waals surface area (Å²) in [6.07, 6.45) is -1.15. The van der Waals surface area contributed by atoms with Crippen LogP contribution < -0.4 is 11.1 Å². The molecule has 3 aliphatic rings. The fourth-order valence-corrected chi connectivity index (χ4v) is 4.50. The number of amides is 1. The molecule has 0 bridgehead atoms. The standard InChI is InChI=1S/C20H14F3N5O2/c21-13-3-2-11(27-15(29)14-4-1-10(6-24)7-26-14)5-12(13)20(16(22)23)18-8-19(18,9-18)30-17(25)28-20/h1-5,7,16H,8-9H2,(H2,25,28)(H,27,29)/t18?,19?,20-/m1/s1. The van der Waals surface area contributed by atoms with Crippen molar-refractivity contribution >= 4 is 17.6 Å². The summed E-state index contributed by atoms with van der Waals surface area (Å²) in [5.74, 6) is -1.51. The van der Waals surface area contributed by atoms with Crippen LogP contribution in [0.4, 0.5) is 18.9 Å². The van der Waals surface area contributed by atoms with Crippen molar-refractivity contribution in [3.8, 4) is 6.07 Å². The number of nitriles is 1. The number of amidine groups is 1. The number of nitrogens with zero attached hydrogens (tertiary/aromatic N) is 3. The maximum atomic E-state index is 14.8. The fourth-order valence-electron chi connectivity index (χ4n) is 4.50. The molecule has 2 heterocycles. The van der Waals surface area contributed by atoms with Crippen molar-refractivity contribution in [1.29, 1.82) is 5.26 Å². The molecule has 3 N–H and O–H groups in total. The van der Waals surface area contributed by atoms with E-state index in [4.69, 9.17) is 15.7 Å². The Bertz CT molecular complexity index is 1150. The minimum atomic E-state index is -3.02. The summed E-state index contributed by atoms with van der Waals surface area (Å²) in [7, 11) is 0. The molecule has 2 fully saturated rings. The van der Waals surface area contributed by atoms with Gasteiger partial charge in [-0.05, 0) is 30.3 Å². The van der Waals surface area contributed by atoms with Crippen LogP contribution in [-0.4, -0.2) is 28.9 Å². The van der Waals surface area contributed by atoms with Crippen LogP contribution in [0, 0.1) is 22.6 Å². The van der Waals surface area contributed by atoms with Crippen LogP contribution in [0.25, 0.3) is 0 Å². The number of hydrogen-bond donors (Lipinski definition) is 2. The van der Waals surface area contributed by atoms with Gasteiger partial charge in [-0.25, -0.2) is 23.1 Å². The Hall–Kier alpha value is -3.61. The van der Waals surface area contributed by atoms with E-state index in [0.29, 0.717) is 12.8 Å². The van der Waals surface area contributed by atoms with Crippen molar-refractivity contribution in [2.75, 3.05) is 5.32 Å². The highest BCUT2D eigenvalue weighted by molar-refractivity contribution is 6.02. The van der Waals surface area contributed by atoms with E-state index in [1.165, 1.54) is 24.4 Å². The first-order valence-electron chi connectivity index (χ1n) is 9.07. The molecule has 1 aliphatic heterocycles. The van der Waals surface area contributed by atoms with Crippen molar-refractivity contribution in [2.24, 2.45) is 16.1 Å². The number of anilines is 1. The first kappa shape index (κ1) is 18.4. The molecule has 1 aromatic heterocycles. The van der Waals surface area contributed by atoms with Gasteiger partial charge in [0.1, 0.15) is 23.2 Å². The molecule has 152 valence electrons. The minimum Gasteiger partial charge on any atom is -0.458 e. The monoisotopic (exact) mass is 413 g/mol. The largest absolute Gasteiger partial charge is 0.458 e. The third kappa shape index (κ3) is 2.23. The van der Waals surface area contributed by atoms with Gasteiger partial charge in [-0.3, -0.25) is 4.79 Å². The molecule has 5 rings (SSSR count). The Labute approximate surface area is 168 Å². The highest BCUT2D eigenvalue weighted by Gasteiger charge is 2.96. The topological polar surface area (TPSA) is 113 Å². The Morgan fingerprint density at radius 1 is 1.30 bits per heavy atom. The van der Waals surface area contributed by atoms with Gasteiger partial charge in [-0.1, -0.05) is 0 Å². The molecular weight excluding hydrogens is 399 g/mol. The fraction of sp³-hybridized carbons (Fsp3) is 0.300. The molecule has 0 radical (unpaired) electrons. The molecule has 0 unspecified atom stereocenters. The van der Waals surface area contributed by atoms with Gasteiger partial charge in [0.2, 0.25) is 0 Å². The van der Waals surface area contributed by atoms with Crippen LogP contribution in [0.15, 0.2) is 41.5 Å². The Balaban J connectivity index is 1.52. The van der Waals surface area contributed by atoms with Crippen molar-refractivity contribution < 1.29 is 22.7 Å². The van der Waals surface area contributed by atoms with E-state index in [1.807, 2.05) is 6.07 Å². The molecule has 10 heteroatoms. The number of hydrogen-bond acceptors (Lipinski definition) is 6. The van der Waals surface area contributed by atoms with E-state index < -0.39 is 40.7 Å².